The molecule has 1 aliphatic rings. The number of ketones is 1. The first kappa shape index (κ1) is 24.7. The molecule has 1 unspecified atom stereocenters. The Balaban J connectivity index is 0.000000709. The third-order valence-corrected chi connectivity index (χ3v) is 6.55. The summed E-state index contributed by atoms with van der Waals surface area (Å²) >= 11 is 1.35. The quantitative estimate of drug-likeness (QED) is 0.230. The number of benzene rings is 2. The van der Waals surface area contributed by atoms with Gasteiger partial charge in [-0.2, -0.15) is 0 Å². The third kappa shape index (κ3) is 4.87. The number of nitrogens with zero attached hydrogens (tertiary/aromatic N) is 3. The van der Waals surface area contributed by atoms with Crippen molar-refractivity contribution in [2.45, 2.75) is 26.8 Å². The van der Waals surface area contributed by atoms with Crippen molar-refractivity contribution in [1.82, 2.24) is 9.97 Å². The minimum atomic E-state index is -0.833. The van der Waals surface area contributed by atoms with Crippen LogP contribution in [0.2, 0.25) is 0 Å². The summed E-state index contributed by atoms with van der Waals surface area (Å²) in [5.74, 6) is -2.49. The number of carboxylic acids is 1. The monoisotopic (exact) mass is 501 g/mol. The van der Waals surface area contributed by atoms with E-state index in [-0.39, 0.29) is 11.3 Å². The molecule has 2 N–H and O–H groups in total. The first-order valence-electron chi connectivity index (χ1n) is 11.0. The number of rotatable bonds is 3. The summed E-state index contributed by atoms with van der Waals surface area (Å²) in [6, 6.07) is 15.7. The fraction of sp³-hybridized carbons (Fsp3) is 0.148. The zero-order valence-corrected chi connectivity index (χ0v) is 20.6. The Hall–Kier alpha value is -4.37. The molecule has 1 fully saturated rings. The standard InChI is InChI=1S/C25H19N3O3S.C2H4O2/c1-14-3-6-17(7-4-14)22(29)20-21(16-9-11-26-12-10-16)28(24(31)23(20)30)25-27-18-8-5-15(2)13-19(18)32-25;1-2(3)4/h3-13,21,29H,1-2H3;1H3,(H,3,4)/b22-20+;. The summed E-state index contributed by atoms with van der Waals surface area (Å²) in [4.78, 5) is 45.5. The number of pyridine rings is 1. The maximum absolute atomic E-state index is 13.2. The molecule has 182 valence electrons. The van der Waals surface area contributed by atoms with Gasteiger partial charge in [-0.05, 0) is 49.2 Å². The molecule has 0 spiro atoms. The molecule has 1 saturated heterocycles. The lowest BCUT2D eigenvalue weighted by molar-refractivity contribution is -0.134. The van der Waals surface area contributed by atoms with Crippen LogP contribution in [0.4, 0.5) is 5.13 Å². The number of aliphatic hydroxyl groups excluding tert-OH is 1. The van der Waals surface area contributed by atoms with Gasteiger partial charge in [-0.3, -0.25) is 24.3 Å². The molecular weight excluding hydrogens is 478 g/mol. The first-order valence-corrected chi connectivity index (χ1v) is 11.8. The molecule has 2 aromatic heterocycles. The number of carboxylic acid groups (broad SMARTS) is 1. The van der Waals surface area contributed by atoms with Crippen LogP contribution in [0.15, 0.2) is 72.6 Å². The second-order valence-corrected chi connectivity index (χ2v) is 9.31. The second kappa shape index (κ2) is 10.1. The SMILES string of the molecule is CC(=O)O.Cc1ccc(/C(O)=C2\C(=O)C(=O)N(c3nc4ccc(C)cc4s3)C2c2ccncc2)cc1. The van der Waals surface area contributed by atoms with E-state index in [1.807, 2.05) is 44.2 Å². The zero-order valence-electron chi connectivity index (χ0n) is 19.8. The lowest BCUT2D eigenvalue weighted by Gasteiger charge is -2.22. The number of carbonyl (C=O) groups excluding carboxylic acids is 2. The molecular formula is C27H23N3O5S. The van der Waals surface area contributed by atoms with Crippen LogP contribution < -0.4 is 4.90 Å². The summed E-state index contributed by atoms with van der Waals surface area (Å²) in [5, 5.41) is 19.0. The van der Waals surface area contributed by atoms with Gasteiger partial charge in [-0.15, -0.1) is 0 Å². The predicted molar refractivity (Wildman–Crippen MR) is 138 cm³/mol. The highest BCUT2D eigenvalue weighted by molar-refractivity contribution is 7.22. The van der Waals surface area contributed by atoms with E-state index in [0.29, 0.717) is 16.3 Å². The Labute approximate surface area is 211 Å². The number of Topliss-reactive ketones (excluding diaryl/α,β-unsaturated/α-hetero) is 1. The molecule has 1 aliphatic heterocycles. The Kier molecular flexibility index (Phi) is 6.93. The topological polar surface area (TPSA) is 121 Å². The van der Waals surface area contributed by atoms with Gasteiger partial charge in [0.15, 0.2) is 5.13 Å². The van der Waals surface area contributed by atoms with E-state index in [1.54, 1.807) is 36.7 Å². The van der Waals surface area contributed by atoms with Crippen molar-refractivity contribution in [2.24, 2.45) is 0 Å². The number of aliphatic hydroxyl groups is 1. The number of thiazole rings is 1. The number of aryl methyl sites for hydroxylation is 2. The summed E-state index contributed by atoms with van der Waals surface area (Å²) in [7, 11) is 0. The van der Waals surface area contributed by atoms with Gasteiger partial charge in [0, 0.05) is 24.9 Å². The molecule has 1 atom stereocenters. The molecule has 3 heterocycles. The lowest BCUT2D eigenvalue weighted by Crippen LogP contribution is -2.29. The highest BCUT2D eigenvalue weighted by Gasteiger charge is 2.48. The Morgan fingerprint density at radius 2 is 1.56 bits per heavy atom. The highest BCUT2D eigenvalue weighted by Crippen LogP contribution is 2.44. The normalized spacial score (nSPS) is 16.6. The molecule has 0 aliphatic carbocycles. The van der Waals surface area contributed by atoms with E-state index in [2.05, 4.69) is 9.97 Å². The minimum absolute atomic E-state index is 0.0421. The number of amides is 1. The van der Waals surface area contributed by atoms with Crippen molar-refractivity contribution in [3.05, 3.63) is 94.8 Å². The van der Waals surface area contributed by atoms with Gasteiger partial charge in [0.05, 0.1) is 21.8 Å². The largest absolute Gasteiger partial charge is 0.507 e. The molecule has 0 bridgehead atoms. The van der Waals surface area contributed by atoms with E-state index < -0.39 is 23.7 Å². The van der Waals surface area contributed by atoms with E-state index in [1.165, 1.54) is 16.2 Å². The summed E-state index contributed by atoms with van der Waals surface area (Å²) in [6.45, 7) is 5.01. The van der Waals surface area contributed by atoms with Gasteiger partial charge >= 0.3 is 5.91 Å². The number of carbonyl (C=O) groups is 3. The van der Waals surface area contributed by atoms with Gasteiger partial charge in [0.25, 0.3) is 11.8 Å². The van der Waals surface area contributed by atoms with Crippen LogP contribution in [0, 0.1) is 13.8 Å². The Morgan fingerprint density at radius 1 is 0.944 bits per heavy atom. The number of hydrogen-bond donors (Lipinski definition) is 2. The number of aromatic nitrogens is 2. The predicted octanol–water partition coefficient (Wildman–Crippen LogP) is 5.03. The van der Waals surface area contributed by atoms with Crippen LogP contribution >= 0.6 is 11.3 Å². The van der Waals surface area contributed by atoms with Crippen molar-refractivity contribution < 1.29 is 24.6 Å². The smallest absolute Gasteiger partial charge is 0.301 e. The third-order valence-electron chi connectivity index (χ3n) is 5.53. The number of hydrogen-bond acceptors (Lipinski definition) is 7. The molecule has 0 radical (unpaired) electrons. The Morgan fingerprint density at radius 3 is 2.19 bits per heavy atom. The molecule has 9 heteroatoms. The van der Waals surface area contributed by atoms with Crippen molar-refractivity contribution in [3.63, 3.8) is 0 Å². The molecule has 0 saturated carbocycles. The van der Waals surface area contributed by atoms with Gasteiger partial charge < -0.3 is 10.2 Å². The maximum atomic E-state index is 13.2. The van der Waals surface area contributed by atoms with Crippen molar-refractivity contribution in [3.8, 4) is 0 Å². The van der Waals surface area contributed by atoms with Gasteiger partial charge in [0.1, 0.15) is 5.76 Å². The zero-order chi connectivity index (χ0) is 26.0. The van der Waals surface area contributed by atoms with Crippen LogP contribution in [0.5, 0.6) is 0 Å². The van der Waals surface area contributed by atoms with Gasteiger partial charge in [0.2, 0.25) is 0 Å². The highest BCUT2D eigenvalue weighted by atomic mass is 32.1. The minimum Gasteiger partial charge on any atom is -0.507 e. The molecule has 36 heavy (non-hydrogen) atoms. The van der Waals surface area contributed by atoms with Crippen molar-refractivity contribution >= 4 is 50.1 Å². The van der Waals surface area contributed by atoms with Crippen LogP contribution in [-0.4, -0.2) is 37.8 Å². The summed E-state index contributed by atoms with van der Waals surface area (Å²) in [5.41, 5.74) is 4.05. The fourth-order valence-electron chi connectivity index (χ4n) is 3.88. The van der Waals surface area contributed by atoms with Crippen molar-refractivity contribution in [2.75, 3.05) is 4.90 Å². The number of aliphatic carboxylic acids is 1. The van der Waals surface area contributed by atoms with E-state index in [4.69, 9.17) is 9.90 Å². The second-order valence-electron chi connectivity index (χ2n) is 8.30. The average Bonchev–Trinajstić information content (AvgIpc) is 3.37. The molecule has 5 rings (SSSR count). The van der Waals surface area contributed by atoms with Crippen LogP contribution in [0.3, 0.4) is 0 Å². The van der Waals surface area contributed by atoms with E-state index in [0.717, 1.165) is 28.3 Å². The van der Waals surface area contributed by atoms with Crippen molar-refractivity contribution in [1.29, 1.82) is 0 Å². The molecule has 2 aromatic carbocycles. The van der Waals surface area contributed by atoms with Gasteiger partial charge in [-0.25, -0.2) is 4.98 Å². The van der Waals surface area contributed by atoms with E-state index in [9.17, 15) is 14.7 Å². The fourth-order valence-corrected chi connectivity index (χ4v) is 4.97. The molecule has 1 amide bonds. The summed E-state index contributed by atoms with van der Waals surface area (Å²) < 4.78 is 0.925. The molecule has 8 nitrogen and oxygen atoms in total. The Bertz CT molecular complexity index is 1490. The lowest BCUT2D eigenvalue weighted by atomic mass is 9.96. The number of anilines is 1. The number of fused-ring (bicyclic) bond motifs is 1. The van der Waals surface area contributed by atoms with Crippen LogP contribution in [0.1, 0.15) is 35.2 Å². The molecule has 4 aromatic rings. The van der Waals surface area contributed by atoms with E-state index >= 15 is 0 Å². The average molecular weight is 502 g/mol. The van der Waals surface area contributed by atoms with Gasteiger partial charge in [-0.1, -0.05) is 47.2 Å². The summed E-state index contributed by atoms with van der Waals surface area (Å²) in [6.07, 6.45) is 3.20. The first-order chi connectivity index (χ1) is 17.2. The van der Waals surface area contributed by atoms with Crippen LogP contribution in [-0.2, 0) is 14.4 Å². The van der Waals surface area contributed by atoms with Crippen LogP contribution in [0.25, 0.3) is 16.0 Å². The maximum Gasteiger partial charge on any atom is 0.301 e.